The molecular weight excluding hydrogens is 250 g/mol. The lowest BCUT2D eigenvalue weighted by molar-refractivity contribution is 0.0330. The zero-order valence-corrected chi connectivity index (χ0v) is 12.1. The molecule has 1 aliphatic heterocycles. The Morgan fingerprint density at radius 1 is 1.50 bits per heavy atom. The van der Waals surface area contributed by atoms with E-state index in [2.05, 4.69) is 24.3 Å². The van der Waals surface area contributed by atoms with Gasteiger partial charge in [0.2, 0.25) is 0 Å². The number of nitrogens with zero attached hydrogens (tertiary/aromatic N) is 2. The van der Waals surface area contributed by atoms with Gasteiger partial charge in [0, 0.05) is 12.6 Å². The van der Waals surface area contributed by atoms with Gasteiger partial charge in [-0.2, -0.15) is 5.10 Å². The standard InChI is InChI=1S/C13H22ClN3O/c1-9(2)15-6-11-4-5-12(18-11)8-17-10(3)13(14)7-16-17/h7,9,11-12,15H,4-6,8H2,1-3H3. The van der Waals surface area contributed by atoms with E-state index in [0.29, 0.717) is 12.1 Å². The normalized spacial score (nSPS) is 24.1. The van der Waals surface area contributed by atoms with E-state index in [4.69, 9.17) is 16.3 Å². The Balaban J connectivity index is 1.81. The molecule has 4 nitrogen and oxygen atoms in total. The minimum absolute atomic E-state index is 0.263. The van der Waals surface area contributed by atoms with E-state index in [0.717, 1.165) is 36.6 Å². The van der Waals surface area contributed by atoms with E-state index in [1.54, 1.807) is 6.20 Å². The van der Waals surface area contributed by atoms with Gasteiger partial charge in [0.05, 0.1) is 35.7 Å². The van der Waals surface area contributed by atoms with Gasteiger partial charge in [0.25, 0.3) is 0 Å². The molecule has 2 unspecified atom stereocenters. The molecule has 0 bridgehead atoms. The van der Waals surface area contributed by atoms with Gasteiger partial charge in [-0.15, -0.1) is 0 Å². The topological polar surface area (TPSA) is 39.1 Å². The lowest BCUT2D eigenvalue weighted by Crippen LogP contribution is -2.32. The summed E-state index contributed by atoms with van der Waals surface area (Å²) >= 11 is 5.99. The van der Waals surface area contributed by atoms with Crippen LogP contribution in [0.5, 0.6) is 0 Å². The molecule has 1 N–H and O–H groups in total. The third-order valence-corrected chi connectivity index (χ3v) is 3.74. The van der Waals surface area contributed by atoms with Gasteiger partial charge in [0.1, 0.15) is 0 Å². The highest BCUT2D eigenvalue weighted by Gasteiger charge is 2.26. The van der Waals surface area contributed by atoms with Gasteiger partial charge in [-0.25, -0.2) is 0 Å². The van der Waals surface area contributed by atoms with E-state index < -0.39 is 0 Å². The number of nitrogens with one attached hydrogen (secondary N) is 1. The van der Waals surface area contributed by atoms with Gasteiger partial charge in [-0.05, 0) is 19.8 Å². The number of aromatic nitrogens is 2. The quantitative estimate of drug-likeness (QED) is 0.894. The Morgan fingerprint density at radius 2 is 2.22 bits per heavy atom. The Kier molecular flexibility index (Phi) is 4.65. The summed E-state index contributed by atoms with van der Waals surface area (Å²) in [4.78, 5) is 0. The smallest absolute Gasteiger partial charge is 0.0814 e. The molecule has 1 aromatic heterocycles. The third-order valence-electron chi connectivity index (χ3n) is 3.37. The molecule has 2 atom stereocenters. The van der Waals surface area contributed by atoms with Crippen molar-refractivity contribution in [2.24, 2.45) is 0 Å². The molecule has 0 spiro atoms. The highest BCUT2D eigenvalue weighted by molar-refractivity contribution is 6.31. The number of ether oxygens (including phenoxy) is 1. The Bertz CT molecular complexity index is 392. The molecule has 102 valence electrons. The van der Waals surface area contributed by atoms with Gasteiger partial charge < -0.3 is 10.1 Å². The van der Waals surface area contributed by atoms with Gasteiger partial charge >= 0.3 is 0 Å². The van der Waals surface area contributed by atoms with Crippen LogP contribution in [0.25, 0.3) is 0 Å². The second-order valence-electron chi connectivity index (χ2n) is 5.28. The summed E-state index contributed by atoms with van der Waals surface area (Å²) in [5, 5.41) is 8.41. The maximum Gasteiger partial charge on any atom is 0.0814 e. The molecule has 0 aliphatic carbocycles. The van der Waals surface area contributed by atoms with Crippen molar-refractivity contribution in [2.75, 3.05) is 6.54 Å². The van der Waals surface area contributed by atoms with Crippen molar-refractivity contribution in [1.29, 1.82) is 0 Å². The molecule has 0 saturated carbocycles. The average Bonchev–Trinajstić information content (AvgIpc) is 2.89. The molecule has 0 aromatic carbocycles. The van der Waals surface area contributed by atoms with Crippen molar-refractivity contribution in [3.8, 4) is 0 Å². The first kappa shape index (κ1) is 13.8. The minimum atomic E-state index is 0.263. The minimum Gasteiger partial charge on any atom is -0.372 e. The maximum atomic E-state index is 6.01. The molecule has 0 amide bonds. The van der Waals surface area contributed by atoms with Crippen molar-refractivity contribution >= 4 is 11.6 Å². The summed E-state index contributed by atoms with van der Waals surface area (Å²) in [7, 11) is 0. The Hall–Kier alpha value is -0.580. The Morgan fingerprint density at radius 3 is 2.83 bits per heavy atom. The number of halogens is 1. The monoisotopic (exact) mass is 271 g/mol. The predicted octanol–water partition coefficient (Wildman–Crippen LogP) is 2.39. The molecule has 1 saturated heterocycles. The number of hydrogen-bond donors (Lipinski definition) is 1. The molecule has 1 aromatic rings. The molecular formula is C13H22ClN3O. The van der Waals surface area contributed by atoms with E-state index in [9.17, 15) is 0 Å². The van der Waals surface area contributed by atoms with Crippen molar-refractivity contribution in [1.82, 2.24) is 15.1 Å². The van der Waals surface area contributed by atoms with Crippen LogP contribution in [0.15, 0.2) is 6.20 Å². The summed E-state index contributed by atoms with van der Waals surface area (Å²) < 4.78 is 7.95. The van der Waals surface area contributed by atoms with Crippen LogP contribution in [0, 0.1) is 6.92 Å². The zero-order valence-electron chi connectivity index (χ0n) is 11.3. The molecule has 0 radical (unpaired) electrons. The molecule has 1 aliphatic rings. The second-order valence-corrected chi connectivity index (χ2v) is 5.69. The molecule has 2 rings (SSSR count). The molecule has 1 fully saturated rings. The molecule has 2 heterocycles. The Labute approximate surface area is 114 Å². The van der Waals surface area contributed by atoms with Gasteiger partial charge in [-0.3, -0.25) is 4.68 Å². The average molecular weight is 272 g/mol. The van der Waals surface area contributed by atoms with Crippen molar-refractivity contribution < 1.29 is 4.74 Å². The van der Waals surface area contributed by atoms with Crippen LogP contribution >= 0.6 is 11.6 Å². The first-order valence-corrected chi connectivity index (χ1v) is 7.00. The van der Waals surface area contributed by atoms with Crippen molar-refractivity contribution in [2.45, 2.75) is 58.4 Å². The molecule has 18 heavy (non-hydrogen) atoms. The maximum absolute atomic E-state index is 6.01. The van der Waals surface area contributed by atoms with Crippen LogP contribution in [-0.4, -0.2) is 34.6 Å². The van der Waals surface area contributed by atoms with Crippen LogP contribution in [0.4, 0.5) is 0 Å². The van der Waals surface area contributed by atoms with Crippen LogP contribution in [-0.2, 0) is 11.3 Å². The van der Waals surface area contributed by atoms with Crippen LogP contribution in [0.1, 0.15) is 32.4 Å². The van der Waals surface area contributed by atoms with Crippen molar-refractivity contribution in [3.63, 3.8) is 0 Å². The lowest BCUT2D eigenvalue weighted by Gasteiger charge is -2.16. The fourth-order valence-electron chi connectivity index (χ4n) is 2.23. The zero-order chi connectivity index (χ0) is 13.1. The van der Waals surface area contributed by atoms with E-state index in [-0.39, 0.29) is 6.10 Å². The first-order valence-electron chi connectivity index (χ1n) is 6.63. The van der Waals surface area contributed by atoms with Crippen LogP contribution in [0.3, 0.4) is 0 Å². The van der Waals surface area contributed by atoms with Crippen LogP contribution < -0.4 is 5.32 Å². The summed E-state index contributed by atoms with van der Waals surface area (Å²) in [6, 6.07) is 0.514. The SMILES string of the molecule is Cc1c(Cl)cnn1CC1CCC(CNC(C)C)O1. The highest BCUT2D eigenvalue weighted by Crippen LogP contribution is 2.22. The summed E-state index contributed by atoms with van der Waals surface area (Å²) in [6.07, 6.45) is 4.52. The summed E-state index contributed by atoms with van der Waals surface area (Å²) in [5.41, 5.74) is 1.02. The summed E-state index contributed by atoms with van der Waals surface area (Å²) in [6.45, 7) is 8.04. The number of hydrogen-bond acceptors (Lipinski definition) is 3. The van der Waals surface area contributed by atoms with E-state index in [1.807, 2.05) is 11.6 Å². The second kappa shape index (κ2) is 6.04. The largest absolute Gasteiger partial charge is 0.372 e. The van der Waals surface area contributed by atoms with Crippen molar-refractivity contribution in [3.05, 3.63) is 16.9 Å². The van der Waals surface area contributed by atoms with Gasteiger partial charge in [-0.1, -0.05) is 25.4 Å². The predicted molar refractivity (Wildman–Crippen MR) is 73.0 cm³/mol. The highest BCUT2D eigenvalue weighted by atomic mass is 35.5. The number of rotatable bonds is 5. The van der Waals surface area contributed by atoms with Crippen LogP contribution in [0.2, 0.25) is 5.02 Å². The van der Waals surface area contributed by atoms with Gasteiger partial charge in [0.15, 0.2) is 0 Å². The third kappa shape index (κ3) is 3.46. The van der Waals surface area contributed by atoms with E-state index >= 15 is 0 Å². The van der Waals surface area contributed by atoms with E-state index in [1.165, 1.54) is 0 Å². The first-order chi connectivity index (χ1) is 8.56. The summed E-state index contributed by atoms with van der Waals surface area (Å²) in [5.74, 6) is 0. The molecule has 5 heteroatoms. The fourth-order valence-corrected chi connectivity index (χ4v) is 2.37. The fraction of sp³-hybridized carbons (Fsp3) is 0.769. The lowest BCUT2D eigenvalue weighted by atomic mass is 10.2.